The van der Waals surface area contributed by atoms with Crippen molar-refractivity contribution in [3.63, 3.8) is 0 Å². The Labute approximate surface area is 120 Å². The Hall–Kier alpha value is -1.49. The molecule has 5 nitrogen and oxygen atoms in total. The number of aromatic nitrogens is 1. The molecule has 2 N–H and O–H groups in total. The molecule has 20 heavy (non-hydrogen) atoms. The molecule has 1 spiro atoms. The minimum atomic E-state index is 0.451. The van der Waals surface area contributed by atoms with Gasteiger partial charge < -0.3 is 20.1 Å². The van der Waals surface area contributed by atoms with Crippen molar-refractivity contribution in [3.05, 3.63) is 19.1 Å². The molecule has 0 amide bonds. The first kappa shape index (κ1) is 13.5. The first-order valence-electron chi connectivity index (χ1n) is 7.12. The number of nitrogen functional groups attached to an aromatic ring is 1. The average molecular weight is 276 g/mol. The monoisotopic (exact) mass is 276 g/mol. The highest BCUT2D eigenvalue weighted by atomic mass is 16.5. The zero-order valence-electron chi connectivity index (χ0n) is 12.0. The first-order valence-corrected chi connectivity index (χ1v) is 7.12. The summed E-state index contributed by atoms with van der Waals surface area (Å²) in [6.07, 6.45) is 3.49. The van der Waals surface area contributed by atoms with Crippen molar-refractivity contribution < 1.29 is 9.47 Å². The summed E-state index contributed by atoms with van der Waals surface area (Å²) in [5, 5.41) is 0. The maximum atomic E-state index is 5.87. The Morgan fingerprint density at radius 3 is 2.85 bits per heavy atom. The second-order valence-corrected chi connectivity index (χ2v) is 5.89. The van der Waals surface area contributed by atoms with E-state index in [2.05, 4.69) is 16.8 Å². The fourth-order valence-electron chi connectivity index (χ4n) is 3.16. The second kappa shape index (κ2) is 5.13. The first-order chi connectivity index (χ1) is 9.65. The molecule has 0 bridgehead atoms. The minimum Gasteiger partial charge on any atom is -0.476 e. The van der Waals surface area contributed by atoms with Gasteiger partial charge in [0.2, 0.25) is 5.88 Å². The van der Waals surface area contributed by atoms with Crippen LogP contribution in [0, 0.1) is 12.3 Å². The van der Waals surface area contributed by atoms with Gasteiger partial charge in [-0.05, 0) is 38.3 Å². The Kier molecular flexibility index (Phi) is 3.46. The zero-order valence-corrected chi connectivity index (χ0v) is 12.0. The third kappa shape index (κ3) is 2.30. The van der Waals surface area contributed by atoms with Gasteiger partial charge in [0.15, 0.2) is 0 Å². The molecular formula is C15H22N3O2. The molecule has 1 aromatic rings. The van der Waals surface area contributed by atoms with Gasteiger partial charge in [-0.2, -0.15) is 4.98 Å². The predicted octanol–water partition coefficient (Wildman–Crippen LogP) is 1.88. The molecule has 5 heteroatoms. The molecule has 1 aliphatic carbocycles. The van der Waals surface area contributed by atoms with Crippen LogP contribution in [0.25, 0.3) is 0 Å². The van der Waals surface area contributed by atoms with Gasteiger partial charge >= 0.3 is 0 Å². The molecule has 1 saturated heterocycles. The summed E-state index contributed by atoms with van der Waals surface area (Å²) in [5.41, 5.74) is 6.91. The molecule has 1 saturated carbocycles. The van der Waals surface area contributed by atoms with E-state index in [1.807, 2.05) is 12.1 Å². The van der Waals surface area contributed by atoms with Crippen LogP contribution in [0.4, 0.5) is 11.5 Å². The maximum absolute atomic E-state index is 5.87. The quantitative estimate of drug-likeness (QED) is 0.889. The predicted molar refractivity (Wildman–Crippen MR) is 78.8 cm³/mol. The SMILES string of the molecule is [CH2]CCOc1nc(N2CC3(CC(OC)C3)C2)ccc1N. The van der Waals surface area contributed by atoms with Gasteiger partial charge in [-0.3, -0.25) is 0 Å². The van der Waals surface area contributed by atoms with Gasteiger partial charge in [-0.15, -0.1) is 0 Å². The third-order valence-corrected chi connectivity index (χ3v) is 4.29. The fraction of sp³-hybridized carbons (Fsp3) is 0.600. The van der Waals surface area contributed by atoms with Crippen LogP contribution < -0.4 is 15.4 Å². The summed E-state index contributed by atoms with van der Waals surface area (Å²) in [7, 11) is 1.79. The summed E-state index contributed by atoms with van der Waals surface area (Å²) < 4.78 is 10.9. The number of ether oxygens (including phenoxy) is 2. The van der Waals surface area contributed by atoms with E-state index in [1.165, 1.54) is 12.8 Å². The lowest BCUT2D eigenvalue weighted by molar-refractivity contribution is -0.0733. The van der Waals surface area contributed by atoms with Crippen LogP contribution in [0.1, 0.15) is 19.3 Å². The highest BCUT2D eigenvalue weighted by molar-refractivity contribution is 5.56. The van der Waals surface area contributed by atoms with E-state index in [4.69, 9.17) is 15.2 Å². The molecule has 0 unspecified atom stereocenters. The highest BCUT2D eigenvalue weighted by Crippen LogP contribution is 2.50. The Morgan fingerprint density at radius 2 is 2.20 bits per heavy atom. The summed E-state index contributed by atoms with van der Waals surface area (Å²) in [4.78, 5) is 6.79. The number of rotatable bonds is 5. The number of pyridine rings is 1. The Morgan fingerprint density at radius 1 is 1.45 bits per heavy atom. The maximum Gasteiger partial charge on any atom is 0.239 e. The van der Waals surface area contributed by atoms with Gasteiger partial charge in [0, 0.05) is 25.6 Å². The van der Waals surface area contributed by atoms with Crippen LogP contribution in [0.5, 0.6) is 5.88 Å². The van der Waals surface area contributed by atoms with Crippen LogP contribution in [-0.2, 0) is 4.74 Å². The molecule has 1 radical (unpaired) electrons. The van der Waals surface area contributed by atoms with Crippen molar-refractivity contribution in [2.45, 2.75) is 25.4 Å². The average Bonchev–Trinajstić information content (AvgIpc) is 2.36. The van der Waals surface area contributed by atoms with Crippen molar-refractivity contribution in [3.8, 4) is 5.88 Å². The largest absolute Gasteiger partial charge is 0.476 e. The topological polar surface area (TPSA) is 60.6 Å². The molecule has 2 aliphatic rings. The second-order valence-electron chi connectivity index (χ2n) is 5.89. The van der Waals surface area contributed by atoms with Crippen LogP contribution in [0.3, 0.4) is 0 Å². The van der Waals surface area contributed by atoms with E-state index in [0.29, 0.717) is 36.1 Å². The summed E-state index contributed by atoms with van der Waals surface area (Å²) >= 11 is 0. The standard InChI is InChI=1S/C15H22N3O2/c1-3-6-20-14-12(16)4-5-13(17-14)18-9-15(10-18)7-11(8-15)19-2/h4-5,11H,1,3,6-10,16H2,2H3. The van der Waals surface area contributed by atoms with Crippen molar-refractivity contribution in [2.75, 3.05) is 37.4 Å². The Bertz CT molecular complexity index is 478. The molecule has 2 fully saturated rings. The van der Waals surface area contributed by atoms with E-state index < -0.39 is 0 Å². The van der Waals surface area contributed by atoms with E-state index in [-0.39, 0.29) is 0 Å². The molecule has 0 aromatic carbocycles. The number of hydrogen-bond donors (Lipinski definition) is 1. The van der Waals surface area contributed by atoms with Crippen molar-refractivity contribution in [1.82, 2.24) is 4.98 Å². The molecule has 1 aromatic heterocycles. The third-order valence-electron chi connectivity index (χ3n) is 4.29. The lowest BCUT2D eigenvalue weighted by Crippen LogP contribution is -2.64. The lowest BCUT2D eigenvalue weighted by Gasteiger charge is -2.59. The number of methoxy groups -OCH3 is 1. The summed E-state index contributed by atoms with van der Waals surface area (Å²) in [5.74, 6) is 1.47. The number of hydrogen-bond acceptors (Lipinski definition) is 5. The van der Waals surface area contributed by atoms with Crippen LogP contribution in [-0.4, -0.2) is 37.9 Å². The number of nitrogens with zero attached hydrogens (tertiary/aromatic N) is 2. The van der Waals surface area contributed by atoms with Gasteiger partial charge in [0.25, 0.3) is 0 Å². The lowest BCUT2D eigenvalue weighted by atomic mass is 9.62. The smallest absolute Gasteiger partial charge is 0.239 e. The van der Waals surface area contributed by atoms with Gasteiger partial charge in [-0.1, -0.05) is 0 Å². The fourth-order valence-corrected chi connectivity index (χ4v) is 3.16. The Balaban J connectivity index is 1.62. The molecule has 109 valence electrons. The van der Waals surface area contributed by atoms with Gasteiger partial charge in [0.1, 0.15) is 5.82 Å². The zero-order chi connectivity index (χ0) is 14.2. The number of nitrogens with two attached hydrogens (primary N) is 1. The van der Waals surface area contributed by atoms with Crippen LogP contribution >= 0.6 is 0 Å². The molecule has 1 aliphatic heterocycles. The van der Waals surface area contributed by atoms with E-state index in [1.54, 1.807) is 7.11 Å². The van der Waals surface area contributed by atoms with Gasteiger partial charge in [-0.25, -0.2) is 0 Å². The van der Waals surface area contributed by atoms with Gasteiger partial charge in [0.05, 0.1) is 18.4 Å². The molecular weight excluding hydrogens is 254 g/mol. The highest BCUT2D eigenvalue weighted by Gasteiger charge is 2.52. The van der Waals surface area contributed by atoms with Crippen LogP contribution in [0.15, 0.2) is 12.1 Å². The van der Waals surface area contributed by atoms with Crippen molar-refractivity contribution >= 4 is 11.5 Å². The van der Waals surface area contributed by atoms with E-state index in [0.717, 1.165) is 18.9 Å². The molecule has 3 rings (SSSR count). The van der Waals surface area contributed by atoms with Crippen molar-refractivity contribution in [2.24, 2.45) is 5.41 Å². The normalized spacial score (nSPS) is 20.6. The van der Waals surface area contributed by atoms with Crippen molar-refractivity contribution in [1.29, 1.82) is 0 Å². The molecule has 2 heterocycles. The summed E-state index contributed by atoms with van der Waals surface area (Å²) in [6.45, 7) is 6.40. The summed E-state index contributed by atoms with van der Waals surface area (Å²) in [6, 6.07) is 3.83. The molecule has 0 atom stereocenters. The number of anilines is 2. The van der Waals surface area contributed by atoms with E-state index >= 15 is 0 Å². The minimum absolute atomic E-state index is 0.451. The van der Waals surface area contributed by atoms with Crippen LogP contribution in [0.2, 0.25) is 0 Å². The van der Waals surface area contributed by atoms with E-state index in [9.17, 15) is 0 Å².